The van der Waals surface area contributed by atoms with E-state index in [0.29, 0.717) is 28.6 Å². The number of ether oxygens (including phenoxy) is 2. The molecular formula is C20H17N3O6. The van der Waals surface area contributed by atoms with Crippen LogP contribution < -0.4 is 14.9 Å². The van der Waals surface area contributed by atoms with Gasteiger partial charge in [0.15, 0.2) is 6.61 Å². The third kappa shape index (κ3) is 5.19. The fraction of sp³-hybridized carbons (Fsp3) is 0.100. The Hall–Kier alpha value is -4.14. The highest BCUT2D eigenvalue weighted by molar-refractivity contribution is 5.82. The summed E-state index contributed by atoms with van der Waals surface area (Å²) in [7, 11) is 1.42. The van der Waals surface area contributed by atoms with Gasteiger partial charge in [0.25, 0.3) is 11.6 Å². The summed E-state index contributed by atoms with van der Waals surface area (Å²) in [5.41, 5.74) is 2.81. The van der Waals surface area contributed by atoms with E-state index in [0.717, 1.165) is 0 Å². The number of nitro benzene ring substituents is 1. The van der Waals surface area contributed by atoms with Crippen molar-refractivity contribution in [2.24, 2.45) is 5.10 Å². The lowest BCUT2D eigenvalue weighted by Gasteiger charge is -2.05. The highest BCUT2D eigenvalue weighted by atomic mass is 16.6. The molecular weight excluding hydrogens is 378 g/mol. The Bertz CT molecular complexity index is 1030. The number of rotatable bonds is 8. The van der Waals surface area contributed by atoms with E-state index in [9.17, 15) is 14.9 Å². The van der Waals surface area contributed by atoms with Gasteiger partial charge in [-0.1, -0.05) is 18.2 Å². The van der Waals surface area contributed by atoms with Crippen LogP contribution in [0.4, 0.5) is 5.69 Å². The quantitative estimate of drug-likeness (QED) is 0.355. The average Bonchev–Trinajstić information content (AvgIpc) is 3.21. The number of methoxy groups -OCH3 is 1. The van der Waals surface area contributed by atoms with Crippen molar-refractivity contribution in [1.82, 2.24) is 5.43 Å². The third-order valence-corrected chi connectivity index (χ3v) is 3.78. The van der Waals surface area contributed by atoms with Gasteiger partial charge in [-0.25, -0.2) is 5.43 Å². The van der Waals surface area contributed by atoms with Crippen LogP contribution in [0.15, 0.2) is 70.2 Å². The Morgan fingerprint density at radius 2 is 2.00 bits per heavy atom. The van der Waals surface area contributed by atoms with Crippen LogP contribution in [0.25, 0.3) is 11.3 Å². The van der Waals surface area contributed by atoms with Crippen molar-refractivity contribution in [2.45, 2.75) is 0 Å². The molecule has 0 aliphatic heterocycles. The molecule has 0 spiro atoms. The predicted molar refractivity (Wildman–Crippen MR) is 105 cm³/mol. The van der Waals surface area contributed by atoms with E-state index in [1.807, 2.05) is 6.07 Å². The number of carbonyl (C=O) groups excluding carboxylic acids is 1. The molecule has 0 aliphatic carbocycles. The number of para-hydroxylation sites is 1. The zero-order valence-electron chi connectivity index (χ0n) is 15.4. The lowest BCUT2D eigenvalue weighted by atomic mass is 10.1. The summed E-state index contributed by atoms with van der Waals surface area (Å²) in [5.74, 6) is 1.29. The molecule has 1 amide bonds. The molecule has 0 radical (unpaired) electrons. The minimum Gasteiger partial charge on any atom is -0.496 e. The van der Waals surface area contributed by atoms with Crippen molar-refractivity contribution in [3.8, 4) is 22.8 Å². The second-order valence-electron chi connectivity index (χ2n) is 5.74. The molecule has 0 bridgehead atoms. The van der Waals surface area contributed by atoms with Gasteiger partial charge in [-0.3, -0.25) is 14.9 Å². The number of carbonyl (C=O) groups is 1. The zero-order chi connectivity index (χ0) is 20.6. The molecule has 2 aromatic carbocycles. The Morgan fingerprint density at radius 1 is 1.21 bits per heavy atom. The number of benzene rings is 2. The maximum absolute atomic E-state index is 11.8. The molecule has 3 aromatic rings. The lowest BCUT2D eigenvalue weighted by molar-refractivity contribution is -0.384. The molecule has 0 saturated carbocycles. The van der Waals surface area contributed by atoms with E-state index < -0.39 is 10.8 Å². The van der Waals surface area contributed by atoms with Crippen LogP contribution in [0, 0.1) is 10.1 Å². The number of hydrazone groups is 1. The Balaban J connectivity index is 1.60. The molecule has 0 saturated heterocycles. The van der Waals surface area contributed by atoms with Gasteiger partial charge in [0.05, 0.1) is 29.9 Å². The molecule has 0 unspecified atom stereocenters. The number of nitro groups is 1. The largest absolute Gasteiger partial charge is 0.496 e. The molecule has 0 atom stereocenters. The van der Waals surface area contributed by atoms with E-state index in [1.54, 1.807) is 42.5 Å². The van der Waals surface area contributed by atoms with E-state index in [2.05, 4.69) is 10.5 Å². The number of hydrogen-bond acceptors (Lipinski definition) is 7. The molecule has 148 valence electrons. The Kier molecular flexibility index (Phi) is 6.21. The number of furan rings is 1. The van der Waals surface area contributed by atoms with E-state index in [-0.39, 0.29) is 12.3 Å². The van der Waals surface area contributed by atoms with E-state index in [4.69, 9.17) is 13.9 Å². The van der Waals surface area contributed by atoms with Crippen LogP contribution in [-0.2, 0) is 4.79 Å². The second kappa shape index (κ2) is 9.18. The zero-order valence-corrected chi connectivity index (χ0v) is 15.4. The van der Waals surface area contributed by atoms with Crippen LogP contribution in [0.2, 0.25) is 0 Å². The third-order valence-electron chi connectivity index (χ3n) is 3.78. The van der Waals surface area contributed by atoms with Gasteiger partial charge < -0.3 is 13.9 Å². The first-order chi connectivity index (χ1) is 14.1. The fourth-order valence-corrected chi connectivity index (χ4v) is 2.43. The van der Waals surface area contributed by atoms with Crippen LogP contribution in [0.3, 0.4) is 0 Å². The summed E-state index contributed by atoms with van der Waals surface area (Å²) in [4.78, 5) is 22.1. The normalized spacial score (nSPS) is 10.7. The minimum absolute atomic E-state index is 0.0839. The minimum atomic E-state index is -0.503. The number of non-ortho nitro benzene ring substituents is 1. The highest BCUT2D eigenvalue weighted by Gasteiger charge is 2.15. The number of nitrogens with one attached hydrogen (secondary N) is 1. The summed E-state index contributed by atoms with van der Waals surface area (Å²) in [5, 5.41) is 14.7. The lowest BCUT2D eigenvalue weighted by Crippen LogP contribution is -2.24. The van der Waals surface area contributed by atoms with Crippen molar-refractivity contribution in [1.29, 1.82) is 0 Å². The van der Waals surface area contributed by atoms with Crippen LogP contribution >= 0.6 is 0 Å². The van der Waals surface area contributed by atoms with Crippen molar-refractivity contribution in [2.75, 3.05) is 13.7 Å². The first kappa shape index (κ1) is 19.6. The molecule has 3 rings (SSSR count). The summed E-state index contributed by atoms with van der Waals surface area (Å²) >= 11 is 0. The van der Waals surface area contributed by atoms with Gasteiger partial charge in [-0.05, 0) is 30.3 Å². The molecule has 29 heavy (non-hydrogen) atoms. The summed E-state index contributed by atoms with van der Waals surface area (Å²) in [6.07, 6.45) is 1.34. The van der Waals surface area contributed by atoms with Gasteiger partial charge in [-0.15, -0.1) is 0 Å². The summed E-state index contributed by atoms with van der Waals surface area (Å²) < 4.78 is 16.2. The van der Waals surface area contributed by atoms with Crippen molar-refractivity contribution < 1.29 is 23.6 Å². The standard InChI is InChI=1S/C20H17N3O6/c1-27-19-11-14(23(25)26)7-9-17(19)18-10-8-16(29-18)12-21-22-20(24)13-28-15-5-3-2-4-6-15/h2-12H,13H2,1H3,(H,22,24)/b21-12-. The summed E-state index contributed by atoms with van der Waals surface area (Å²) in [6, 6.07) is 16.5. The Morgan fingerprint density at radius 3 is 2.72 bits per heavy atom. The fourth-order valence-electron chi connectivity index (χ4n) is 2.43. The predicted octanol–water partition coefficient (Wildman–Crippen LogP) is 3.39. The van der Waals surface area contributed by atoms with Gasteiger partial charge in [0.2, 0.25) is 0 Å². The van der Waals surface area contributed by atoms with Crippen LogP contribution in [0.1, 0.15) is 5.76 Å². The molecule has 9 heteroatoms. The van der Waals surface area contributed by atoms with E-state index in [1.165, 1.54) is 25.5 Å². The first-order valence-corrected chi connectivity index (χ1v) is 8.49. The van der Waals surface area contributed by atoms with Gasteiger partial charge in [0, 0.05) is 6.07 Å². The first-order valence-electron chi connectivity index (χ1n) is 8.49. The smallest absolute Gasteiger partial charge is 0.277 e. The molecule has 1 N–H and O–H groups in total. The van der Waals surface area contributed by atoms with Crippen LogP contribution in [-0.4, -0.2) is 30.8 Å². The van der Waals surface area contributed by atoms with Gasteiger partial charge >= 0.3 is 0 Å². The van der Waals surface area contributed by atoms with E-state index >= 15 is 0 Å². The second-order valence-corrected chi connectivity index (χ2v) is 5.74. The molecule has 1 heterocycles. The molecule has 0 fully saturated rings. The van der Waals surface area contributed by atoms with Crippen molar-refractivity contribution in [3.63, 3.8) is 0 Å². The number of amides is 1. The van der Waals surface area contributed by atoms with Crippen molar-refractivity contribution >= 4 is 17.8 Å². The maximum Gasteiger partial charge on any atom is 0.277 e. The highest BCUT2D eigenvalue weighted by Crippen LogP contribution is 2.33. The monoisotopic (exact) mass is 395 g/mol. The number of nitrogens with zero attached hydrogens (tertiary/aromatic N) is 2. The molecule has 9 nitrogen and oxygen atoms in total. The molecule has 0 aliphatic rings. The van der Waals surface area contributed by atoms with Gasteiger partial charge in [0.1, 0.15) is 23.0 Å². The van der Waals surface area contributed by atoms with Crippen LogP contribution in [0.5, 0.6) is 11.5 Å². The molecule has 1 aromatic heterocycles. The maximum atomic E-state index is 11.8. The van der Waals surface area contributed by atoms with Gasteiger partial charge in [-0.2, -0.15) is 5.10 Å². The topological polar surface area (TPSA) is 116 Å². The average molecular weight is 395 g/mol. The summed E-state index contributed by atoms with van der Waals surface area (Å²) in [6.45, 7) is -0.176. The number of hydrogen-bond donors (Lipinski definition) is 1. The van der Waals surface area contributed by atoms with Crippen molar-refractivity contribution in [3.05, 3.63) is 76.5 Å². The Labute approximate surface area is 165 Å². The SMILES string of the molecule is COc1cc([N+](=O)[O-])ccc1-c1ccc(/C=N\NC(=O)COc2ccccc2)o1.